The van der Waals surface area contributed by atoms with Gasteiger partial charge >= 0.3 is 20.2 Å². The maximum Gasteiger partial charge on any atom is 0.327 e. The smallest absolute Gasteiger partial charge is 0.327 e. The summed E-state index contributed by atoms with van der Waals surface area (Å²) in [6.07, 6.45) is 0. The summed E-state index contributed by atoms with van der Waals surface area (Å²) in [5, 5.41) is 40.4. The van der Waals surface area contributed by atoms with Gasteiger partial charge in [-0.2, -0.15) is 16.8 Å². The molecule has 0 bridgehead atoms. The highest BCUT2D eigenvalue weighted by Gasteiger charge is 2.45. The fourth-order valence-electron chi connectivity index (χ4n) is 2.41. The van der Waals surface area contributed by atoms with Crippen LogP contribution in [0.3, 0.4) is 0 Å². The van der Waals surface area contributed by atoms with Crippen molar-refractivity contribution in [2.75, 3.05) is 11.5 Å². The van der Waals surface area contributed by atoms with Gasteiger partial charge in [-0.25, -0.2) is 0 Å². The summed E-state index contributed by atoms with van der Waals surface area (Å²) in [6, 6.07) is 0. The molecule has 144 valence electrons. The van der Waals surface area contributed by atoms with E-state index in [0.717, 1.165) is 0 Å². The quantitative estimate of drug-likeness (QED) is 0.407. The van der Waals surface area contributed by atoms with Crippen LogP contribution in [0.1, 0.15) is 13.8 Å². The van der Waals surface area contributed by atoms with Gasteiger partial charge in [0.25, 0.3) is 0 Å². The van der Waals surface area contributed by atoms with Crippen LogP contribution in [-0.2, 0) is 20.2 Å². The third kappa shape index (κ3) is 2.33. The number of hydrogen-bond donors (Lipinski definition) is 4. The van der Waals surface area contributed by atoms with Gasteiger partial charge in [0.15, 0.2) is 0 Å². The first-order valence-electron chi connectivity index (χ1n) is 7.15. The number of nitrogens with zero attached hydrogens (tertiary/aromatic N) is 2. The molecule has 26 heavy (non-hydrogen) atoms. The zero-order chi connectivity index (χ0) is 19.6. The SMILES string of the molecule is CCS(=O)(=O)On1c(O)c2c(c1O)-c1c-2c(O)n(OS(=O)(=O)CC)c1O. The molecule has 14 heteroatoms. The Labute approximate surface area is 147 Å². The fraction of sp³-hybridized carbons (Fsp3) is 0.333. The van der Waals surface area contributed by atoms with Crippen molar-refractivity contribution >= 4 is 20.2 Å². The van der Waals surface area contributed by atoms with E-state index in [1.807, 2.05) is 0 Å². The second-order valence-electron chi connectivity index (χ2n) is 5.22. The lowest BCUT2D eigenvalue weighted by Gasteiger charge is -2.13. The molecule has 0 unspecified atom stereocenters. The zero-order valence-electron chi connectivity index (χ0n) is 13.4. The van der Waals surface area contributed by atoms with Gasteiger partial charge in [0.05, 0.1) is 33.8 Å². The number of hydrogen-bond acceptors (Lipinski definition) is 10. The molecule has 0 spiro atoms. The molecule has 0 amide bonds. The molecular formula is C12H14N2O10S2. The maximum absolute atomic E-state index is 11.5. The van der Waals surface area contributed by atoms with E-state index in [-0.39, 0.29) is 31.7 Å². The third-order valence-corrected chi connectivity index (χ3v) is 5.91. The molecule has 1 aliphatic carbocycles. The van der Waals surface area contributed by atoms with E-state index in [9.17, 15) is 37.3 Å². The van der Waals surface area contributed by atoms with Crippen molar-refractivity contribution in [1.29, 1.82) is 0 Å². The van der Waals surface area contributed by atoms with Crippen LogP contribution in [0.2, 0.25) is 0 Å². The zero-order valence-corrected chi connectivity index (χ0v) is 15.0. The van der Waals surface area contributed by atoms with Crippen LogP contribution in [0.15, 0.2) is 0 Å². The van der Waals surface area contributed by atoms with E-state index in [1.54, 1.807) is 0 Å². The van der Waals surface area contributed by atoms with Crippen LogP contribution >= 0.6 is 0 Å². The molecule has 0 aliphatic heterocycles. The average molecular weight is 410 g/mol. The molecule has 0 radical (unpaired) electrons. The van der Waals surface area contributed by atoms with Crippen molar-refractivity contribution in [1.82, 2.24) is 9.46 Å². The van der Waals surface area contributed by atoms with Gasteiger partial charge in [-0.05, 0) is 13.8 Å². The number of aromatic hydroxyl groups is 4. The molecule has 0 atom stereocenters. The molecule has 0 aromatic carbocycles. The van der Waals surface area contributed by atoms with Gasteiger partial charge in [0.1, 0.15) is 0 Å². The Morgan fingerprint density at radius 2 is 0.885 bits per heavy atom. The predicted octanol–water partition coefficient (Wildman–Crippen LogP) is -0.684. The molecule has 4 N–H and O–H groups in total. The molecule has 1 aliphatic rings. The molecule has 2 heterocycles. The molecule has 0 saturated carbocycles. The second-order valence-corrected chi connectivity index (χ2v) is 8.91. The Bertz CT molecular complexity index is 968. The van der Waals surface area contributed by atoms with Crippen LogP contribution in [0.4, 0.5) is 0 Å². The highest BCUT2D eigenvalue weighted by Crippen LogP contribution is 2.64. The minimum atomic E-state index is -4.11. The lowest BCUT2D eigenvalue weighted by molar-refractivity contribution is 0.202. The van der Waals surface area contributed by atoms with Gasteiger partial charge in [-0.3, -0.25) is 8.57 Å². The largest absolute Gasteiger partial charge is 0.492 e. The van der Waals surface area contributed by atoms with E-state index >= 15 is 0 Å². The summed E-state index contributed by atoms with van der Waals surface area (Å²) < 4.78 is 55.7. The maximum atomic E-state index is 11.5. The van der Waals surface area contributed by atoms with Gasteiger partial charge in [0, 0.05) is 0 Å². The van der Waals surface area contributed by atoms with Gasteiger partial charge in [0.2, 0.25) is 23.5 Å². The topological polar surface area (TPSA) is 178 Å². The minimum Gasteiger partial charge on any atom is -0.492 e. The van der Waals surface area contributed by atoms with Gasteiger partial charge in [-0.15, -0.1) is 0 Å². The van der Waals surface area contributed by atoms with Crippen molar-refractivity contribution in [2.45, 2.75) is 13.8 Å². The highest BCUT2D eigenvalue weighted by atomic mass is 32.2. The predicted molar refractivity (Wildman–Crippen MR) is 85.6 cm³/mol. The molecule has 0 fully saturated rings. The summed E-state index contributed by atoms with van der Waals surface area (Å²) in [7, 11) is -8.22. The Kier molecular flexibility index (Phi) is 3.74. The van der Waals surface area contributed by atoms with E-state index < -0.39 is 55.3 Å². The van der Waals surface area contributed by atoms with Gasteiger partial charge in [-0.1, -0.05) is 9.46 Å². The highest BCUT2D eigenvalue weighted by molar-refractivity contribution is 7.87. The summed E-state index contributed by atoms with van der Waals surface area (Å²) in [5.41, 5.74) is -0.971. The van der Waals surface area contributed by atoms with Crippen molar-refractivity contribution in [3.05, 3.63) is 0 Å². The molecule has 3 rings (SSSR count). The molecule has 12 nitrogen and oxygen atoms in total. The monoisotopic (exact) mass is 410 g/mol. The van der Waals surface area contributed by atoms with E-state index in [4.69, 9.17) is 0 Å². The molecule has 2 aromatic rings. The Balaban J connectivity index is 2.14. The van der Waals surface area contributed by atoms with Crippen molar-refractivity contribution in [3.8, 4) is 45.8 Å². The van der Waals surface area contributed by atoms with Crippen molar-refractivity contribution in [2.24, 2.45) is 0 Å². The second kappa shape index (κ2) is 5.38. The normalized spacial score (nSPS) is 13.0. The number of aromatic nitrogens is 2. The van der Waals surface area contributed by atoms with E-state index in [0.29, 0.717) is 0 Å². The summed E-state index contributed by atoms with van der Waals surface area (Å²) in [6.45, 7) is 2.55. The van der Waals surface area contributed by atoms with E-state index in [1.165, 1.54) is 13.8 Å². The van der Waals surface area contributed by atoms with Crippen molar-refractivity contribution < 1.29 is 45.8 Å². The summed E-state index contributed by atoms with van der Waals surface area (Å²) >= 11 is 0. The first kappa shape index (κ1) is 18.1. The average Bonchev–Trinajstić information content (AvgIpc) is 2.84. The Morgan fingerprint density at radius 1 is 0.654 bits per heavy atom. The third-order valence-electron chi connectivity index (χ3n) is 3.75. The van der Waals surface area contributed by atoms with Crippen LogP contribution in [-0.4, -0.2) is 58.2 Å². The Hall–Kier alpha value is -2.74. The Morgan fingerprint density at radius 3 is 1.08 bits per heavy atom. The lowest BCUT2D eigenvalue weighted by atomic mass is 9.86. The lowest BCUT2D eigenvalue weighted by Crippen LogP contribution is -2.21. The van der Waals surface area contributed by atoms with Crippen LogP contribution in [0, 0.1) is 0 Å². The first-order valence-corrected chi connectivity index (χ1v) is 10.3. The number of fused-ring (bicyclic) bond motifs is 4. The summed E-state index contributed by atoms with van der Waals surface area (Å²) in [5.74, 6) is -4.37. The fourth-order valence-corrected chi connectivity index (χ4v) is 3.36. The van der Waals surface area contributed by atoms with Crippen LogP contribution in [0.5, 0.6) is 23.5 Å². The minimum absolute atomic E-state index is 0.219. The number of rotatable bonds is 6. The molecular weight excluding hydrogens is 396 g/mol. The van der Waals surface area contributed by atoms with Crippen LogP contribution in [0.25, 0.3) is 22.3 Å². The van der Waals surface area contributed by atoms with E-state index in [2.05, 4.69) is 8.57 Å². The van der Waals surface area contributed by atoms with Gasteiger partial charge < -0.3 is 20.4 Å². The molecule has 0 saturated heterocycles. The molecule has 2 aromatic heterocycles. The first-order chi connectivity index (χ1) is 12.0. The van der Waals surface area contributed by atoms with Crippen LogP contribution < -0.4 is 8.57 Å². The van der Waals surface area contributed by atoms with Crippen molar-refractivity contribution in [3.63, 3.8) is 0 Å². The summed E-state index contributed by atoms with van der Waals surface area (Å²) in [4.78, 5) is 0. The standard InChI is InChI=1S/C12H14N2O10S2/c1-3-25(19,20)23-13-9(15)5-6(10(13)16)8-7(5)11(17)14(12(8)18)24-26(21,22)4-2/h15-18H,3-4H2,1-2H3.